The summed E-state index contributed by atoms with van der Waals surface area (Å²) in [5, 5.41) is 8.40. The van der Waals surface area contributed by atoms with Crippen molar-refractivity contribution in [1.29, 1.82) is 0 Å². The van der Waals surface area contributed by atoms with Crippen LogP contribution in [0.1, 0.15) is 34.5 Å². The number of hydrogen-bond acceptors (Lipinski definition) is 4. The summed E-state index contributed by atoms with van der Waals surface area (Å²) in [5.74, 6) is -1.56. The normalized spacial score (nSPS) is 31.0. The minimum Gasteiger partial charge on any atom is -0.481 e. The zero-order valence-corrected chi connectivity index (χ0v) is 8.64. The van der Waals surface area contributed by atoms with Gasteiger partial charge in [0.2, 0.25) is 0 Å². The molecule has 0 amide bonds. The molecule has 1 aliphatic heterocycles. The largest absolute Gasteiger partial charge is 0.481 e. The molecule has 0 aromatic heterocycles. The number of hydrogen-bond donors (Lipinski definition) is 1. The topological polar surface area (TPSA) is 72.8 Å². The molecule has 5 nitrogen and oxygen atoms in total. The molecule has 1 aliphatic rings. The van der Waals surface area contributed by atoms with Gasteiger partial charge in [0.15, 0.2) is 0 Å². The first-order chi connectivity index (χ1) is 7.52. The van der Waals surface area contributed by atoms with Crippen molar-refractivity contribution in [2.75, 3.05) is 0 Å². The molecule has 0 saturated carbocycles. The maximum absolute atomic E-state index is 11.3. The van der Waals surface area contributed by atoms with Crippen LogP contribution >= 0.6 is 0 Å². The molecule has 0 aromatic carbocycles. The highest BCUT2D eigenvalue weighted by atomic mass is 16.6. The molecular weight excluding hydrogens is 200 g/mol. The van der Waals surface area contributed by atoms with E-state index in [4.69, 9.17) is 16.0 Å². The first-order valence-electron chi connectivity index (χ1n) is 5.59. The number of carbonyl (C=O) groups excluding carboxylic acids is 1. The van der Waals surface area contributed by atoms with E-state index >= 15 is 0 Å². The van der Waals surface area contributed by atoms with Crippen LogP contribution in [0.3, 0.4) is 0 Å². The van der Waals surface area contributed by atoms with Crippen LogP contribution in [0.25, 0.3) is 0 Å². The van der Waals surface area contributed by atoms with E-state index in [2.05, 4.69) is 0 Å². The van der Waals surface area contributed by atoms with Gasteiger partial charge in [0.25, 0.3) is 0 Å². The van der Waals surface area contributed by atoms with Crippen molar-refractivity contribution < 1.29 is 25.5 Å². The van der Waals surface area contributed by atoms with Crippen LogP contribution in [-0.4, -0.2) is 35.4 Å². The third-order valence-corrected chi connectivity index (χ3v) is 2.21. The molecule has 0 radical (unpaired) electrons. The van der Waals surface area contributed by atoms with E-state index in [0.717, 1.165) is 0 Å². The molecule has 3 atom stereocenters. The summed E-state index contributed by atoms with van der Waals surface area (Å²) in [6, 6.07) is 0. The predicted molar refractivity (Wildman–Crippen MR) is 51.4 cm³/mol. The highest BCUT2D eigenvalue weighted by Crippen LogP contribution is 2.22. The molecule has 15 heavy (non-hydrogen) atoms. The summed E-state index contributed by atoms with van der Waals surface area (Å²) in [4.78, 5) is 21.5. The van der Waals surface area contributed by atoms with E-state index < -0.39 is 18.0 Å². The number of carboxylic acids is 1. The van der Waals surface area contributed by atoms with E-state index in [1.807, 2.05) is 6.92 Å². The Morgan fingerprint density at radius 3 is 2.93 bits per heavy atom. The molecule has 5 heteroatoms. The van der Waals surface area contributed by atoms with Gasteiger partial charge in [0.05, 0.1) is 25.0 Å². The van der Waals surface area contributed by atoms with Crippen LogP contribution in [0, 0.1) is 0 Å². The Hall–Kier alpha value is -1.10. The van der Waals surface area contributed by atoms with Crippen LogP contribution in [0.2, 0.25) is 0 Å². The lowest BCUT2D eigenvalue weighted by Gasteiger charge is -2.14. The Kier molecular flexibility index (Phi) is 3.55. The van der Waals surface area contributed by atoms with Gasteiger partial charge in [-0.3, -0.25) is 9.59 Å². The molecular formula is C10H16O5. The summed E-state index contributed by atoms with van der Waals surface area (Å²) in [6.07, 6.45) is -0.606. The molecule has 1 N–H and O–H groups in total. The quantitative estimate of drug-likeness (QED) is 0.710. The third kappa shape index (κ3) is 3.87. The van der Waals surface area contributed by atoms with E-state index in [-0.39, 0.29) is 31.9 Å². The highest BCUT2D eigenvalue weighted by molar-refractivity contribution is 5.76. The van der Waals surface area contributed by atoms with Crippen LogP contribution in [0.5, 0.6) is 0 Å². The molecule has 1 rings (SSSR count). The number of ether oxygens (including phenoxy) is 2. The van der Waals surface area contributed by atoms with Crippen molar-refractivity contribution in [3.63, 3.8) is 0 Å². The summed E-state index contributed by atoms with van der Waals surface area (Å²) in [5.41, 5.74) is 0. The zero-order valence-electron chi connectivity index (χ0n) is 9.64. The molecule has 1 fully saturated rings. The first-order valence-corrected chi connectivity index (χ1v) is 4.89. The minimum atomic E-state index is -1.02. The summed E-state index contributed by atoms with van der Waals surface area (Å²) in [6.45, 7) is 1.90. The van der Waals surface area contributed by atoms with E-state index in [1.165, 1.54) is 0 Å². The second kappa shape index (κ2) is 5.11. The fourth-order valence-corrected chi connectivity index (χ4v) is 1.48. The lowest BCUT2D eigenvalue weighted by molar-refractivity contribution is -0.153. The summed E-state index contributed by atoms with van der Waals surface area (Å²) < 4.78 is 17.7. The van der Waals surface area contributed by atoms with E-state index in [9.17, 15) is 9.59 Å². The van der Waals surface area contributed by atoms with Crippen LogP contribution < -0.4 is 0 Å². The fourth-order valence-electron chi connectivity index (χ4n) is 1.48. The molecule has 0 unspecified atom stereocenters. The standard InChI is InChI=1S/C10H16O5/c1-6-5-8(7(2)14-6)15-10(13)4-3-9(11)12/h6-8H,3-5H2,1-2H3,(H,11,12)/t6-,7+,8+/m0/s1/i2D. The zero-order chi connectivity index (χ0) is 12.1. The lowest BCUT2D eigenvalue weighted by atomic mass is 10.1. The predicted octanol–water partition coefficient (Wildman–Crippen LogP) is 0.960. The minimum absolute atomic E-state index is 0.0207. The second-order valence-corrected chi connectivity index (χ2v) is 3.64. The van der Waals surface area contributed by atoms with Crippen molar-refractivity contribution in [2.24, 2.45) is 0 Å². The Morgan fingerprint density at radius 2 is 2.33 bits per heavy atom. The van der Waals surface area contributed by atoms with Gasteiger partial charge in [-0.15, -0.1) is 0 Å². The second-order valence-electron chi connectivity index (χ2n) is 3.64. The fraction of sp³-hybridized carbons (Fsp3) is 0.800. The van der Waals surface area contributed by atoms with Crippen molar-refractivity contribution in [2.45, 2.75) is 51.4 Å². The summed E-state index contributed by atoms with van der Waals surface area (Å²) in [7, 11) is 0. The van der Waals surface area contributed by atoms with Gasteiger partial charge in [-0.25, -0.2) is 0 Å². The highest BCUT2D eigenvalue weighted by Gasteiger charge is 2.32. The molecule has 0 aliphatic carbocycles. The van der Waals surface area contributed by atoms with E-state index in [1.54, 1.807) is 0 Å². The number of carbonyl (C=O) groups is 2. The smallest absolute Gasteiger partial charge is 0.306 e. The SMILES string of the molecule is [2H]C[C@H]1O[C@@H](C)C[C@H]1OC(=O)CCC(=O)O. The molecule has 86 valence electrons. The Bertz CT molecular complexity index is 268. The van der Waals surface area contributed by atoms with Gasteiger partial charge >= 0.3 is 11.9 Å². The summed E-state index contributed by atoms with van der Waals surface area (Å²) >= 11 is 0. The van der Waals surface area contributed by atoms with Gasteiger partial charge in [0, 0.05) is 7.79 Å². The van der Waals surface area contributed by atoms with Gasteiger partial charge in [-0.05, 0) is 13.8 Å². The average molecular weight is 217 g/mol. The lowest BCUT2D eigenvalue weighted by Crippen LogP contribution is -2.24. The molecule has 1 heterocycles. The van der Waals surface area contributed by atoms with Crippen LogP contribution in [-0.2, 0) is 19.1 Å². The monoisotopic (exact) mass is 217 g/mol. The Labute approximate surface area is 89.8 Å². The number of esters is 1. The number of carboxylic acid groups (broad SMARTS) is 1. The van der Waals surface area contributed by atoms with Gasteiger partial charge < -0.3 is 14.6 Å². The molecule has 0 bridgehead atoms. The van der Waals surface area contributed by atoms with Crippen molar-refractivity contribution in [1.82, 2.24) is 0 Å². The first kappa shape index (κ1) is 10.4. The van der Waals surface area contributed by atoms with Crippen LogP contribution in [0.15, 0.2) is 0 Å². The van der Waals surface area contributed by atoms with Crippen LogP contribution in [0.4, 0.5) is 0 Å². The molecule has 1 saturated heterocycles. The van der Waals surface area contributed by atoms with Crippen molar-refractivity contribution >= 4 is 11.9 Å². The number of rotatable bonds is 4. The molecule has 0 spiro atoms. The van der Waals surface area contributed by atoms with Gasteiger partial charge in [-0.1, -0.05) is 0 Å². The van der Waals surface area contributed by atoms with Gasteiger partial charge in [-0.2, -0.15) is 0 Å². The maximum atomic E-state index is 11.3. The Balaban J connectivity index is 2.35. The van der Waals surface area contributed by atoms with Crippen molar-refractivity contribution in [3.05, 3.63) is 0 Å². The third-order valence-electron chi connectivity index (χ3n) is 2.21. The van der Waals surface area contributed by atoms with E-state index in [0.29, 0.717) is 6.42 Å². The average Bonchev–Trinajstić information content (AvgIpc) is 2.55. The van der Waals surface area contributed by atoms with Crippen molar-refractivity contribution in [3.8, 4) is 0 Å². The Morgan fingerprint density at radius 1 is 1.60 bits per heavy atom. The molecule has 0 aromatic rings. The maximum Gasteiger partial charge on any atom is 0.306 e. The van der Waals surface area contributed by atoms with Gasteiger partial charge in [0.1, 0.15) is 6.10 Å². The number of aliphatic carboxylic acids is 1.